The number of para-hydroxylation sites is 1. The summed E-state index contributed by atoms with van der Waals surface area (Å²) in [6.07, 6.45) is 0. The fourth-order valence-electron chi connectivity index (χ4n) is 13.3. The molecule has 2 aliphatic carbocycles. The third kappa shape index (κ3) is 6.60. The molecule has 0 fully saturated rings. The molecule has 1 aromatic heterocycles. The zero-order chi connectivity index (χ0) is 50.5. The third-order valence-electron chi connectivity index (χ3n) is 16.9. The molecule has 0 radical (unpaired) electrons. The first kappa shape index (κ1) is 44.0. The molecule has 0 amide bonds. The lowest BCUT2D eigenvalue weighted by atomic mass is 9.67. The Balaban J connectivity index is 0.873. The lowest BCUT2D eigenvalue weighted by molar-refractivity contribution is 0.660. The number of nitrogens with zero attached hydrogens (tertiary/aromatic N) is 2. The van der Waals surface area contributed by atoms with Crippen molar-refractivity contribution in [2.24, 2.45) is 0 Å². The van der Waals surface area contributed by atoms with Crippen LogP contribution in [-0.4, -0.2) is 4.57 Å². The fraction of sp³-hybridized carbons (Fsp3) is 0.0541. The Kier molecular flexibility index (Phi) is 9.86. The van der Waals surface area contributed by atoms with Crippen molar-refractivity contribution < 1.29 is 0 Å². The van der Waals surface area contributed by atoms with Gasteiger partial charge in [-0.05, 0) is 168 Å². The first-order chi connectivity index (χ1) is 37.4. The van der Waals surface area contributed by atoms with E-state index in [2.05, 4.69) is 302 Å². The van der Waals surface area contributed by atoms with Gasteiger partial charge in [0, 0.05) is 38.9 Å². The summed E-state index contributed by atoms with van der Waals surface area (Å²) < 4.78 is 2.44. The molecule has 76 heavy (non-hydrogen) atoms. The standard InChI is InChI=1S/C74H52N2/c1-73(2)67-26-14-11-25-63(67)64-48-60(41-42-68(64)73)75(58-37-31-50(32-38-58)53-30-29-49-17-9-10-18-52(49)45-53)59-39-33-51(34-40-59)54-35-43-71-65(46-54)66-47-56(36-44-72(66)76(71)57-21-7-4-8-22-57)74(55-19-5-3-6-20-55)69-27-15-12-23-61(69)62-24-13-16-28-70(62)74/h3-48H,1-2H3. The molecule has 15 rings (SSSR count). The molecule has 13 aromatic rings. The van der Waals surface area contributed by atoms with E-state index in [4.69, 9.17) is 0 Å². The highest BCUT2D eigenvalue weighted by Gasteiger charge is 2.46. The minimum Gasteiger partial charge on any atom is -0.310 e. The maximum Gasteiger partial charge on any atom is 0.0713 e. The molecule has 0 saturated heterocycles. The normalized spacial score (nSPS) is 13.6. The molecular weight excluding hydrogens is 917 g/mol. The van der Waals surface area contributed by atoms with Gasteiger partial charge < -0.3 is 9.47 Å². The second kappa shape index (κ2) is 17.0. The van der Waals surface area contributed by atoms with Gasteiger partial charge in [-0.15, -0.1) is 0 Å². The number of fused-ring (bicyclic) bond motifs is 10. The lowest BCUT2D eigenvalue weighted by Crippen LogP contribution is -2.28. The number of rotatable bonds is 8. The van der Waals surface area contributed by atoms with Crippen LogP contribution in [0.15, 0.2) is 279 Å². The zero-order valence-electron chi connectivity index (χ0n) is 42.5. The van der Waals surface area contributed by atoms with E-state index in [1.54, 1.807) is 0 Å². The molecule has 0 aliphatic heterocycles. The van der Waals surface area contributed by atoms with Crippen LogP contribution < -0.4 is 4.90 Å². The average molecular weight is 969 g/mol. The molecule has 2 aliphatic rings. The fourth-order valence-corrected chi connectivity index (χ4v) is 13.3. The van der Waals surface area contributed by atoms with E-state index in [9.17, 15) is 0 Å². The van der Waals surface area contributed by atoms with Crippen molar-refractivity contribution in [2.75, 3.05) is 4.90 Å². The van der Waals surface area contributed by atoms with Gasteiger partial charge in [-0.2, -0.15) is 0 Å². The second-order valence-corrected chi connectivity index (χ2v) is 21.2. The summed E-state index contributed by atoms with van der Waals surface area (Å²) in [6, 6.07) is 104. The molecule has 358 valence electrons. The van der Waals surface area contributed by atoms with Crippen molar-refractivity contribution in [3.63, 3.8) is 0 Å². The number of hydrogen-bond acceptors (Lipinski definition) is 1. The van der Waals surface area contributed by atoms with E-state index < -0.39 is 5.41 Å². The Hall–Kier alpha value is -9.50. The molecule has 12 aromatic carbocycles. The van der Waals surface area contributed by atoms with Gasteiger partial charge in [0.2, 0.25) is 0 Å². The Morgan fingerprint density at radius 3 is 1.43 bits per heavy atom. The van der Waals surface area contributed by atoms with Crippen molar-refractivity contribution in [3.8, 4) is 50.2 Å². The first-order valence-corrected chi connectivity index (χ1v) is 26.6. The van der Waals surface area contributed by atoms with Crippen LogP contribution >= 0.6 is 0 Å². The van der Waals surface area contributed by atoms with E-state index in [1.165, 1.54) is 105 Å². The van der Waals surface area contributed by atoms with Crippen LogP contribution in [0.25, 0.3) is 82.8 Å². The Morgan fingerprint density at radius 2 is 0.776 bits per heavy atom. The molecule has 0 atom stereocenters. The van der Waals surface area contributed by atoms with Gasteiger partial charge in [0.1, 0.15) is 0 Å². The van der Waals surface area contributed by atoms with Gasteiger partial charge in [-0.25, -0.2) is 0 Å². The summed E-state index contributed by atoms with van der Waals surface area (Å²) in [5.41, 5.74) is 24.1. The number of anilines is 3. The second-order valence-electron chi connectivity index (χ2n) is 21.2. The molecule has 1 heterocycles. The van der Waals surface area contributed by atoms with Gasteiger partial charge in [0.05, 0.1) is 16.4 Å². The molecule has 0 saturated carbocycles. The topological polar surface area (TPSA) is 8.17 Å². The largest absolute Gasteiger partial charge is 0.310 e. The molecule has 0 N–H and O–H groups in total. The van der Waals surface area contributed by atoms with Gasteiger partial charge in [0.15, 0.2) is 0 Å². The number of hydrogen-bond donors (Lipinski definition) is 0. The minimum atomic E-state index is -0.502. The predicted molar refractivity (Wildman–Crippen MR) is 319 cm³/mol. The third-order valence-corrected chi connectivity index (χ3v) is 16.9. The van der Waals surface area contributed by atoms with Gasteiger partial charge in [-0.1, -0.05) is 214 Å². The van der Waals surface area contributed by atoms with Crippen molar-refractivity contribution in [2.45, 2.75) is 24.7 Å². The van der Waals surface area contributed by atoms with Crippen LogP contribution in [0.4, 0.5) is 17.1 Å². The maximum atomic E-state index is 2.50. The van der Waals surface area contributed by atoms with E-state index in [0.717, 1.165) is 28.3 Å². The Bertz CT molecular complexity index is 4360. The van der Waals surface area contributed by atoms with Crippen molar-refractivity contribution in [1.82, 2.24) is 4.57 Å². The highest BCUT2D eigenvalue weighted by molar-refractivity contribution is 6.11. The first-order valence-electron chi connectivity index (χ1n) is 26.6. The number of benzene rings is 12. The van der Waals surface area contributed by atoms with Crippen LogP contribution in [0.1, 0.15) is 47.2 Å². The molecule has 2 nitrogen and oxygen atoms in total. The molecule has 0 unspecified atom stereocenters. The van der Waals surface area contributed by atoms with E-state index in [0.29, 0.717) is 0 Å². The van der Waals surface area contributed by atoms with Gasteiger partial charge >= 0.3 is 0 Å². The smallest absolute Gasteiger partial charge is 0.0713 e. The van der Waals surface area contributed by atoms with Crippen LogP contribution in [-0.2, 0) is 10.8 Å². The summed E-state index contributed by atoms with van der Waals surface area (Å²) in [5.74, 6) is 0. The van der Waals surface area contributed by atoms with Gasteiger partial charge in [0.25, 0.3) is 0 Å². The SMILES string of the molecule is CC1(C)c2ccccc2-c2cc(N(c3ccc(-c4ccc5ccccc5c4)cc3)c3ccc(-c4ccc5c(c4)c4cc(C6(c7ccccc7)c7ccccc7-c7ccccc76)ccc4n5-c4ccccc4)cc3)ccc21. The monoisotopic (exact) mass is 968 g/mol. The summed E-state index contributed by atoms with van der Waals surface area (Å²) in [4.78, 5) is 2.42. The summed E-state index contributed by atoms with van der Waals surface area (Å²) in [6.45, 7) is 4.70. The Labute approximate surface area is 444 Å². The van der Waals surface area contributed by atoms with E-state index in [-0.39, 0.29) is 5.41 Å². The van der Waals surface area contributed by atoms with Crippen molar-refractivity contribution in [1.29, 1.82) is 0 Å². The summed E-state index contributed by atoms with van der Waals surface area (Å²) in [7, 11) is 0. The van der Waals surface area contributed by atoms with Crippen LogP contribution in [0.2, 0.25) is 0 Å². The minimum absolute atomic E-state index is 0.0782. The molecule has 0 spiro atoms. The van der Waals surface area contributed by atoms with Gasteiger partial charge in [-0.3, -0.25) is 0 Å². The summed E-state index contributed by atoms with van der Waals surface area (Å²) >= 11 is 0. The predicted octanol–water partition coefficient (Wildman–Crippen LogP) is 19.4. The van der Waals surface area contributed by atoms with E-state index in [1.807, 2.05) is 0 Å². The highest BCUT2D eigenvalue weighted by atomic mass is 15.1. The van der Waals surface area contributed by atoms with E-state index >= 15 is 0 Å². The van der Waals surface area contributed by atoms with Crippen LogP contribution in [0, 0.1) is 0 Å². The average Bonchev–Trinajstić information content (AvgIpc) is 4.24. The molecule has 0 bridgehead atoms. The quantitative estimate of drug-likeness (QED) is 0.147. The van der Waals surface area contributed by atoms with Crippen molar-refractivity contribution in [3.05, 3.63) is 312 Å². The molecular formula is C74H52N2. The lowest BCUT2D eigenvalue weighted by Gasteiger charge is -2.34. The maximum absolute atomic E-state index is 2.50. The van der Waals surface area contributed by atoms with Crippen LogP contribution in [0.3, 0.4) is 0 Å². The molecule has 2 heteroatoms. The number of aromatic nitrogens is 1. The van der Waals surface area contributed by atoms with Crippen LogP contribution in [0.5, 0.6) is 0 Å². The highest BCUT2D eigenvalue weighted by Crippen LogP contribution is 2.57. The summed E-state index contributed by atoms with van der Waals surface area (Å²) in [5, 5.41) is 4.95. The van der Waals surface area contributed by atoms with Crippen molar-refractivity contribution >= 4 is 49.6 Å². The zero-order valence-corrected chi connectivity index (χ0v) is 42.5. The Morgan fingerprint density at radius 1 is 0.303 bits per heavy atom.